The van der Waals surface area contributed by atoms with Crippen LogP contribution in [0.4, 0.5) is 0 Å². The van der Waals surface area contributed by atoms with E-state index in [1.54, 1.807) is 37.5 Å². The highest BCUT2D eigenvalue weighted by molar-refractivity contribution is 9.10. The average Bonchev–Trinajstić information content (AvgIpc) is 2.46. The number of ketones is 1. The number of methoxy groups -OCH3 is 1. The van der Waals surface area contributed by atoms with Crippen LogP contribution in [-0.4, -0.2) is 12.9 Å². The number of halogens is 1. The van der Waals surface area contributed by atoms with E-state index in [-0.39, 0.29) is 5.78 Å². The maximum absolute atomic E-state index is 12.0. The lowest BCUT2D eigenvalue weighted by Crippen LogP contribution is -1.94. The van der Waals surface area contributed by atoms with Crippen molar-refractivity contribution >= 4 is 27.8 Å². The fraction of sp³-hybridized carbons (Fsp3) is 0.0625. The van der Waals surface area contributed by atoms with E-state index in [9.17, 15) is 4.79 Å². The summed E-state index contributed by atoms with van der Waals surface area (Å²) < 4.78 is 6.12. The van der Waals surface area contributed by atoms with Crippen molar-refractivity contribution in [1.29, 1.82) is 0 Å². The summed E-state index contributed by atoms with van der Waals surface area (Å²) in [4.78, 5) is 12.0. The van der Waals surface area contributed by atoms with Gasteiger partial charge in [-0.25, -0.2) is 0 Å². The summed E-state index contributed by atoms with van der Waals surface area (Å²) in [6.45, 7) is 0. The van der Waals surface area contributed by atoms with Crippen LogP contribution in [0.2, 0.25) is 0 Å². The van der Waals surface area contributed by atoms with Crippen LogP contribution in [0, 0.1) is 0 Å². The fourth-order valence-corrected chi connectivity index (χ4v) is 1.88. The molecule has 19 heavy (non-hydrogen) atoms. The lowest BCUT2D eigenvalue weighted by molar-refractivity contribution is 0.104. The van der Waals surface area contributed by atoms with Crippen LogP contribution in [0.5, 0.6) is 5.75 Å². The van der Waals surface area contributed by atoms with Gasteiger partial charge < -0.3 is 4.74 Å². The Labute approximate surface area is 120 Å². The first-order chi connectivity index (χ1) is 9.19. The van der Waals surface area contributed by atoms with E-state index in [0.717, 1.165) is 10.0 Å². The first-order valence-corrected chi connectivity index (χ1v) is 6.60. The predicted molar refractivity (Wildman–Crippen MR) is 80.5 cm³/mol. The third-order valence-electron chi connectivity index (χ3n) is 2.65. The topological polar surface area (TPSA) is 26.3 Å². The highest BCUT2D eigenvalue weighted by Gasteiger charge is 2.02. The minimum Gasteiger partial charge on any atom is -0.497 e. The van der Waals surface area contributed by atoms with Gasteiger partial charge in [-0.2, -0.15) is 0 Å². The van der Waals surface area contributed by atoms with Crippen LogP contribution in [0.25, 0.3) is 6.08 Å². The van der Waals surface area contributed by atoms with Crippen molar-refractivity contribution in [2.45, 2.75) is 0 Å². The van der Waals surface area contributed by atoms with E-state index in [1.807, 2.05) is 30.3 Å². The summed E-state index contributed by atoms with van der Waals surface area (Å²) in [7, 11) is 1.58. The molecule has 0 saturated carbocycles. The molecule has 0 aliphatic heterocycles. The Morgan fingerprint density at radius 1 is 1.16 bits per heavy atom. The van der Waals surface area contributed by atoms with Crippen molar-refractivity contribution in [2.75, 3.05) is 7.11 Å². The minimum atomic E-state index is -0.0400. The summed E-state index contributed by atoms with van der Waals surface area (Å²) in [6.07, 6.45) is 3.37. The summed E-state index contributed by atoms with van der Waals surface area (Å²) >= 11 is 3.37. The molecule has 0 N–H and O–H groups in total. The number of ether oxygens (including phenoxy) is 1. The number of allylic oxidation sites excluding steroid dienone is 1. The lowest BCUT2D eigenvalue weighted by Gasteiger charge is -2.01. The van der Waals surface area contributed by atoms with Gasteiger partial charge in [0.25, 0.3) is 0 Å². The molecule has 0 radical (unpaired) electrons. The maximum atomic E-state index is 12.0. The van der Waals surface area contributed by atoms with Crippen LogP contribution >= 0.6 is 15.9 Å². The van der Waals surface area contributed by atoms with E-state index in [1.165, 1.54) is 0 Å². The molecule has 2 aromatic rings. The SMILES string of the molecule is COc1cccc(C(=O)C=Cc2ccc(Br)cc2)c1. The van der Waals surface area contributed by atoms with Crippen LogP contribution in [0.1, 0.15) is 15.9 Å². The zero-order valence-corrected chi connectivity index (χ0v) is 12.1. The van der Waals surface area contributed by atoms with Gasteiger partial charge in [-0.3, -0.25) is 4.79 Å². The van der Waals surface area contributed by atoms with Gasteiger partial charge in [-0.15, -0.1) is 0 Å². The molecule has 0 heterocycles. The van der Waals surface area contributed by atoms with Gasteiger partial charge in [0.15, 0.2) is 5.78 Å². The van der Waals surface area contributed by atoms with Crippen molar-refractivity contribution in [3.05, 3.63) is 70.2 Å². The van der Waals surface area contributed by atoms with E-state index in [2.05, 4.69) is 15.9 Å². The van der Waals surface area contributed by atoms with E-state index >= 15 is 0 Å². The number of hydrogen-bond donors (Lipinski definition) is 0. The molecular formula is C16H13BrO2. The van der Waals surface area contributed by atoms with E-state index < -0.39 is 0 Å². The van der Waals surface area contributed by atoms with Gasteiger partial charge in [0.05, 0.1) is 7.11 Å². The van der Waals surface area contributed by atoms with Gasteiger partial charge in [-0.1, -0.05) is 46.3 Å². The number of benzene rings is 2. The Bertz CT molecular complexity index is 600. The fourth-order valence-electron chi connectivity index (χ4n) is 1.62. The second-order valence-electron chi connectivity index (χ2n) is 3.98. The van der Waals surface area contributed by atoms with Crippen LogP contribution in [0.15, 0.2) is 59.1 Å². The Morgan fingerprint density at radius 3 is 2.58 bits per heavy atom. The van der Waals surface area contributed by atoms with Crippen molar-refractivity contribution in [1.82, 2.24) is 0 Å². The molecule has 96 valence electrons. The molecule has 0 aliphatic rings. The molecule has 0 saturated heterocycles. The van der Waals surface area contributed by atoms with Crippen molar-refractivity contribution in [3.63, 3.8) is 0 Å². The number of carbonyl (C=O) groups is 1. The lowest BCUT2D eigenvalue weighted by atomic mass is 10.1. The van der Waals surface area contributed by atoms with Crippen LogP contribution in [0.3, 0.4) is 0 Å². The third kappa shape index (κ3) is 3.80. The van der Waals surface area contributed by atoms with Gasteiger partial charge >= 0.3 is 0 Å². The number of carbonyl (C=O) groups excluding carboxylic acids is 1. The standard InChI is InChI=1S/C16H13BrO2/c1-19-15-4-2-3-13(11-15)16(18)10-7-12-5-8-14(17)9-6-12/h2-11H,1H3. The molecule has 2 rings (SSSR count). The summed E-state index contributed by atoms with van der Waals surface area (Å²) in [5.41, 5.74) is 1.60. The molecular weight excluding hydrogens is 304 g/mol. The number of hydrogen-bond acceptors (Lipinski definition) is 2. The average molecular weight is 317 g/mol. The first-order valence-electron chi connectivity index (χ1n) is 5.81. The van der Waals surface area contributed by atoms with Gasteiger partial charge in [0.2, 0.25) is 0 Å². The summed E-state index contributed by atoms with van der Waals surface area (Å²) in [5.74, 6) is 0.643. The molecule has 0 aromatic heterocycles. The molecule has 0 fully saturated rings. The zero-order valence-electron chi connectivity index (χ0n) is 10.5. The Hall–Kier alpha value is -1.87. The monoisotopic (exact) mass is 316 g/mol. The van der Waals surface area contributed by atoms with Gasteiger partial charge in [0, 0.05) is 10.0 Å². The van der Waals surface area contributed by atoms with Gasteiger partial charge in [-0.05, 0) is 35.9 Å². The largest absolute Gasteiger partial charge is 0.497 e. The van der Waals surface area contributed by atoms with E-state index in [4.69, 9.17) is 4.74 Å². The maximum Gasteiger partial charge on any atom is 0.185 e. The molecule has 0 spiro atoms. The molecule has 0 amide bonds. The quantitative estimate of drug-likeness (QED) is 0.619. The van der Waals surface area contributed by atoms with Crippen LogP contribution < -0.4 is 4.74 Å². The smallest absolute Gasteiger partial charge is 0.185 e. The Morgan fingerprint density at radius 2 is 1.89 bits per heavy atom. The predicted octanol–water partition coefficient (Wildman–Crippen LogP) is 4.35. The Balaban J connectivity index is 2.13. The molecule has 3 heteroatoms. The zero-order chi connectivity index (χ0) is 13.7. The van der Waals surface area contributed by atoms with Gasteiger partial charge in [0.1, 0.15) is 5.75 Å². The highest BCUT2D eigenvalue weighted by atomic mass is 79.9. The molecule has 0 atom stereocenters. The first kappa shape index (κ1) is 13.6. The van der Waals surface area contributed by atoms with Crippen molar-refractivity contribution in [3.8, 4) is 5.75 Å². The van der Waals surface area contributed by atoms with E-state index in [0.29, 0.717) is 11.3 Å². The van der Waals surface area contributed by atoms with Crippen LogP contribution in [-0.2, 0) is 0 Å². The van der Waals surface area contributed by atoms with Crippen molar-refractivity contribution < 1.29 is 9.53 Å². The summed E-state index contributed by atoms with van der Waals surface area (Å²) in [6, 6.07) is 14.9. The molecule has 0 aliphatic carbocycles. The minimum absolute atomic E-state index is 0.0400. The second kappa shape index (κ2) is 6.34. The third-order valence-corrected chi connectivity index (χ3v) is 3.18. The molecule has 2 nitrogen and oxygen atoms in total. The second-order valence-corrected chi connectivity index (χ2v) is 4.90. The normalized spacial score (nSPS) is 10.6. The summed E-state index contributed by atoms with van der Waals surface area (Å²) in [5, 5.41) is 0. The molecule has 0 bridgehead atoms. The highest BCUT2D eigenvalue weighted by Crippen LogP contribution is 2.15. The Kier molecular flexibility index (Phi) is 4.53. The number of rotatable bonds is 4. The van der Waals surface area contributed by atoms with Crippen molar-refractivity contribution in [2.24, 2.45) is 0 Å². The molecule has 0 unspecified atom stereocenters. The molecule has 2 aromatic carbocycles.